The lowest BCUT2D eigenvalue weighted by Crippen LogP contribution is -2.35. The van der Waals surface area contributed by atoms with Crippen molar-refractivity contribution in [1.29, 1.82) is 0 Å². The molecular formula is C23H43N2OSi+. The van der Waals surface area contributed by atoms with Crippen molar-refractivity contribution < 1.29 is 9.68 Å². The van der Waals surface area contributed by atoms with E-state index in [9.17, 15) is 5.11 Å². The zero-order valence-electron chi connectivity index (χ0n) is 19.2. The number of aliphatic hydroxyl groups is 1. The Bertz CT molecular complexity index is 629. The van der Waals surface area contributed by atoms with Crippen molar-refractivity contribution >= 4 is 14.8 Å². The number of hydrogen-bond acceptors (Lipinski definition) is 2. The second kappa shape index (κ2) is 10.7. The Morgan fingerprint density at radius 3 is 2.04 bits per heavy atom. The molecule has 0 aliphatic heterocycles. The summed E-state index contributed by atoms with van der Waals surface area (Å²) in [5, 5.41) is 11.1. The molecule has 0 saturated carbocycles. The van der Waals surface area contributed by atoms with Crippen LogP contribution in [-0.2, 0) is 0 Å². The van der Waals surface area contributed by atoms with Gasteiger partial charge in [0.1, 0.15) is 6.72 Å². The number of aliphatic hydroxyl groups excluding tert-OH is 1. The highest BCUT2D eigenvalue weighted by atomic mass is 28.3. The number of rotatable bonds is 10. The normalized spacial score (nSPS) is 16.8. The molecule has 0 bridgehead atoms. The van der Waals surface area contributed by atoms with E-state index in [2.05, 4.69) is 73.8 Å². The summed E-state index contributed by atoms with van der Waals surface area (Å²) in [4.78, 5) is 0. The molecule has 0 aliphatic rings. The van der Waals surface area contributed by atoms with Crippen LogP contribution < -0.4 is 5.73 Å². The van der Waals surface area contributed by atoms with E-state index in [-0.39, 0.29) is 6.04 Å². The Kier molecular flexibility index (Phi) is 10.1. The molecule has 3 N–H and O–H groups in total. The van der Waals surface area contributed by atoms with Gasteiger partial charge in [-0.2, -0.15) is 0 Å². The van der Waals surface area contributed by atoms with Gasteiger partial charge >= 0.3 is 0 Å². The summed E-state index contributed by atoms with van der Waals surface area (Å²) in [6, 6.07) is -0.00360. The third-order valence-corrected chi connectivity index (χ3v) is 7.94. The van der Waals surface area contributed by atoms with Crippen LogP contribution in [0.3, 0.4) is 0 Å². The SMILES string of the molecule is C=C(N)C(C(C)CCC(/C=C(\C)O)=C(C)C(C)C)[N+](=C)/C=C(\C)[Si](C)(C)C. The maximum Gasteiger partial charge on any atom is 0.198 e. The van der Waals surface area contributed by atoms with E-state index in [1.807, 2.05) is 10.7 Å². The Morgan fingerprint density at radius 1 is 1.15 bits per heavy atom. The first-order chi connectivity index (χ1) is 12.2. The zero-order chi connectivity index (χ0) is 21.5. The van der Waals surface area contributed by atoms with E-state index < -0.39 is 8.07 Å². The molecule has 27 heavy (non-hydrogen) atoms. The predicted octanol–water partition coefficient (Wildman–Crippen LogP) is 6.17. The largest absolute Gasteiger partial charge is 0.513 e. The monoisotopic (exact) mass is 391 g/mol. The van der Waals surface area contributed by atoms with Crippen molar-refractivity contribution in [2.24, 2.45) is 17.6 Å². The zero-order valence-corrected chi connectivity index (χ0v) is 20.2. The van der Waals surface area contributed by atoms with Crippen molar-refractivity contribution in [2.45, 2.75) is 80.1 Å². The second-order valence-corrected chi connectivity index (χ2v) is 14.5. The van der Waals surface area contributed by atoms with Crippen LogP contribution in [0.25, 0.3) is 0 Å². The summed E-state index contributed by atoms with van der Waals surface area (Å²) in [6.45, 7) is 27.9. The molecule has 0 aliphatic carbocycles. The maximum atomic E-state index is 9.75. The first kappa shape index (κ1) is 25.4. The summed E-state index contributed by atoms with van der Waals surface area (Å²) in [5.74, 6) is 1.11. The summed E-state index contributed by atoms with van der Waals surface area (Å²) in [5.41, 5.74) is 9.34. The molecule has 0 aromatic heterocycles. The quantitative estimate of drug-likeness (QED) is 0.154. The highest BCUT2D eigenvalue weighted by Crippen LogP contribution is 2.26. The van der Waals surface area contributed by atoms with E-state index >= 15 is 0 Å². The smallest absolute Gasteiger partial charge is 0.198 e. The molecule has 2 atom stereocenters. The topological polar surface area (TPSA) is 49.3 Å². The lowest BCUT2D eigenvalue weighted by atomic mass is 9.89. The standard InChI is InChI=1S/C23H42N2OSi/c1-16(2)20(6)22(14-18(4)26)13-12-17(3)23(21(7)24)25(8)15-19(5)27(9,10)11/h14-17,23H,7-8,12-13,24H2,1-6,9-11H3/p+1/b18-14+,19-15+,22-20?. The van der Waals surface area contributed by atoms with Crippen LogP contribution in [0.1, 0.15) is 54.4 Å². The summed E-state index contributed by atoms with van der Waals surface area (Å²) >= 11 is 0. The van der Waals surface area contributed by atoms with Gasteiger partial charge in [-0.05, 0) is 56.4 Å². The van der Waals surface area contributed by atoms with Crippen LogP contribution in [0.4, 0.5) is 0 Å². The number of allylic oxidation sites excluding steroid dienone is 5. The van der Waals surface area contributed by atoms with Crippen molar-refractivity contribution in [2.75, 3.05) is 0 Å². The fourth-order valence-corrected chi connectivity index (χ4v) is 3.53. The molecule has 0 rings (SSSR count). The van der Waals surface area contributed by atoms with Crippen LogP contribution in [-0.4, -0.2) is 30.5 Å². The van der Waals surface area contributed by atoms with Gasteiger partial charge in [0.25, 0.3) is 0 Å². The third kappa shape index (κ3) is 8.78. The average molecular weight is 392 g/mol. The van der Waals surface area contributed by atoms with Crippen LogP contribution in [0.5, 0.6) is 0 Å². The summed E-state index contributed by atoms with van der Waals surface area (Å²) in [7, 11) is -1.36. The van der Waals surface area contributed by atoms with Gasteiger partial charge in [-0.15, -0.1) is 0 Å². The van der Waals surface area contributed by atoms with Gasteiger partial charge in [0.2, 0.25) is 0 Å². The molecule has 2 unspecified atom stereocenters. The van der Waals surface area contributed by atoms with Gasteiger partial charge in [-0.25, -0.2) is 4.58 Å². The van der Waals surface area contributed by atoms with Gasteiger partial charge < -0.3 is 10.8 Å². The van der Waals surface area contributed by atoms with E-state index in [0.717, 1.165) is 12.8 Å². The Morgan fingerprint density at radius 2 is 1.67 bits per heavy atom. The van der Waals surface area contributed by atoms with E-state index in [1.54, 1.807) is 6.92 Å². The molecule has 3 nitrogen and oxygen atoms in total. The minimum Gasteiger partial charge on any atom is -0.513 e. The van der Waals surface area contributed by atoms with Crippen LogP contribution in [0, 0.1) is 11.8 Å². The van der Waals surface area contributed by atoms with Crippen molar-refractivity contribution in [3.05, 3.63) is 46.7 Å². The van der Waals surface area contributed by atoms with Crippen molar-refractivity contribution in [1.82, 2.24) is 0 Å². The predicted molar refractivity (Wildman–Crippen MR) is 124 cm³/mol. The molecule has 0 spiro atoms. The lowest BCUT2D eigenvalue weighted by molar-refractivity contribution is -0.491. The lowest BCUT2D eigenvalue weighted by Gasteiger charge is -2.22. The second-order valence-electron chi connectivity index (χ2n) is 9.26. The molecule has 0 amide bonds. The van der Waals surface area contributed by atoms with Crippen LogP contribution in [0.15, 0.2) is 46.7 Å². The van der Waals surface area contributed by atoms with E-state index in [1.165, 1.54) is 16.3 Å². The van der Waals surface area contributed by atoms with Gasteiger partial charge in [-0.1, -0.05) is 52.6 Å². The van der Waals surface area contributed by atoms with Gasteiger partial charge in [0, 0.05) is 5.92 Å². The Hall–Kier alpha value is -1.55. The van der Waals surface area contributed by atoms with Gasteiger partial charge in [0.05, 0.1) is 19.5 Å². The average Bonchev–Trinajstić information content (AvgIpc) is 2.48. The number of hydrogen-bond donors (Lipinski definition) is 2. The molecular weight excluding hydrogens is 348 g/mol. The Balaban J connectivity index is 5.50. The van der Waals surface area contributed by atoms with Crippen LogP contribution >= 0.6 is 0 Å². The fourth-order valence-electron chi connectivity index (χ4n) is 2.98. The summed E-state index contributed by atoms with van der Waals surface area (Å²) < 4.78 is 1.99. The Labute approximate surface area is 169 Å². The molecule has 0 fully saturated rings. The fraction of sp³-hybridized carbons (Fsp3) is 0.609. The molecule has 0 aromatic rings. The third-order valence-electron chi connectivity index (χ3n) is 5.44. The molecule has 154 valence electrons. The van der Waals surface area contributed by atoms with Crippen molar-refractivity contribution in [3.8, 4) is 0 Å². The summed E-state index contributed by atoms with van der Waals surface area (Å²) in [6.07, 6.45) is 5.90. The van der Waals surface area contributed by atoms with Gasteiger partial charge in [-0.3, -0.25) is 0 Å². The first-order valence-electron chi connectivity index (χ1n) is 9.97. The molecule has 4 heteroatoms. The van der Waals surface area contributed by atoms with Crippen molar-refractivity contribution in [3.63, 3.8) is 0 Å². The first-order valence-corrected chi connectivity index (χ1v) is 13.5. The number of nitrogens with zero attached hydrogens (tertiary/aromatic N) is 1. The minimum atomic E-state index is -1.36. The number of nitrogens with two attached hydrogens (primary N) is 1. The maximum absolute atomic E-state index is 9.75. The molecule has 0 radical (unpaired) electrons. The van der Waals surface area contributed by atoms with Gasteiger partial charge in [0.15, 0.2) is 12.2 Å². The van der Waals surface area contributed by atoms with E-state index in [0.29, 0.717) is 23.3 Å². The minimum absolute atomic E-state index is 0.00360. The molecule has 0 saturated heterocycles. The molecule has 0 heterocycles. The highest BCUT2D eigenvalue weighted by molar-refractivity contribution is 6.82. The molecule has 0 aromatic carbocycles. The van der Waals surface area contributed by atoms with E-state index in [4.69, 9.17) is 5.73 Å². The highest BCUT2D eigenvalue weighted by Gasteiger charge is 2.29. The van der Waals surface area contributed by atoms with Crippen LogP contribution in [0.2, 0.25) is 19.6 Å².